The Morgan fingerprint density at radius 2 is 2.07 bits per heavy atom. The second kappa shape index (κ2) is 3.86. The molecule has 0 bridgehead atoms. The van der Waals surface area contributed by atoms with Gasteiger partial charge in [0, 0.05) is 0 Å². The largest absolute Gasteiger partial charge is 0.397 e. The summed E-state index contributed by atoms with van der Waals surface area (Å²) < 4.78 is 12.7. The van der Waals surface area contributed by atoms with Crippen LogP contribution in [-0.4, -0.2) is 11.4 Å². The zero-order valence-corrected chi connectivity index (χ0v) is 8.67. The summed E-state index contributed by atoms with van der Waals surface area (Å²) in [5.41, 5.74) is 10.6. The van der Waals surface area contributed by atoms with Crippen molar-refractivity contribution in [1.29, 1.82) is 0 Å². The molecule has 0 atom stereocenters. The average molecular weight is 211 g/mol. The van der Waals surface area contributed by atoms with Crippen molar-refractivity contribution in [3.8, 4) is 0 Å². The summed E-state index contributed by atoms with van der Waals surface area (Å²) in [4.78, 5) is 11.5. The van der Waals surface area contributed by atoms with Crippen molar-refractivity contribution in [1.82, 2.24) is 0 Å². The van der Waals surface area contributed by atoms with Gasteiger partial charge in [0.2, 0.25) is 5.91 Å². The van der Waals surface area contributed by atoms with Crippen LogP contribution in [0.1, 0.15) is 13.8 Å². The zero-order chi connectivity index (χ0) is 11.6. The van der Waals surface area contributed by atoms with Gasteiger partial charge in [-0.2, -0.15) is 0 Å². The fourth-order valence-corrected chi connectivity index (χ4v) is 0.931. The lowest BCUT2D eigenvalue weighted by Crippen LogP contribution is -2.45. The van der Waals surface area contributed by atoms with Crippen LogP contribution >= 0.6 is 0 Å². The molecule has 0 saturated carbocycles. The van der Waals surface area contributed by atoms with Gasteiger partial charge in [0.15, 0.2) is 0 Å². The molecule has 0 fully saturated rings. The van der Waals surface area contributed by atoms with Crippen LogP contribution in [0, 0.1) is 5.82 Å². The Bertz CT molecular complexity index is 385. The van der Waals surface area contributed by atoms with Crippen molar-refractivity contribution in [2.75, 3.05) is 11.1 Å². The molecule has 0 saturated heterocycles. The number of rotatable bonds is 2. The Kier molecular flexibility index (Phi) is 2.95. The standard InChI is InChI=1S/C10H14FN3O/c1-10(2,13)9(15)14-8-4-3-6(11)5-7(8)12/h3-5H,12-13H2,1-2H3,(H,14,15). The minimum atomic E-state index is -0.999. The monoisotopic (exact) mass is 211 g/mol. The lowest BCUT2D eigenvalue weighted by molar-refractivity contribution is -0.120. The van der Waals surface area contributed by atoms with E-state index in [1.54, 1.807) is 13.8 Å². The minimum absolute atomic E-state index is 0.174. The van der Waals surface area contributed by atoms with Gasteiger partial charge in [0.1, 0.15) is 5.82 Å². The molecule has 15 heavy (non-hydrogen) atoms. The Labute approximate surface area is 87.4 Å². The predicted molar refractivity (Wildman–Crippen MR) is 57.7 cm³/mol. The van der Waals surface area contributed by atoms with Crippen LogP contribution < -0.4 is 16.8 Å². The summed E-state index contributed by atoms with van der Waals surface area (Å²) in [5.74, 6) is -0.821. The first-order chi connectivity index (χ1) is 6.80. The molecule has 82 valence electrons. The summed E-state index contributed by atoms with van der Waals surface area (Å²) >= 11 is 0. The van der Waals surface area contributed by atoms with Crippen molar-refractivity contribution in [2.45, 2.75) is 19.4 Å². The molecule has 0 aliphatic carbocycles. The Morgan fingerprint density at radius 1 is 1.47 bits per heavy atom. The maximum absolute atomic E-state index is 12.7. The molecule has 0 heterocycles. The maximum Gasteiger partial charge on any atom is 0.243 e. The molecule has 5 heteroatoms. The van der Waals surface area contributed by atoms with E-state index in [0.717, 1.165) is 6.07 Å². The second-order valence-corrected chi connectivity index (χ2v) is 3.91. The van der Waals surface area contributed by atoms with Crippen LogP contribution in [0.15, 0.2) is 18.2 Å². The van der Waals surface area contributed by atoms with E-state index < -0.39 is 11.4 Å². The minimum Gasteiger partial charge on any atom is -0.397 e. The first-order valence-electron chi connectivity index (χ1n) is 4.46. The van der Waals surface area contributed by atoms with Crippen LogP contribution in [0.3, 0.4) is 0 Å². The highest BCUT2D eigenvalue weighted by atomic mass is 19.1. The molecule has 1 rings (SSSR count). The lowest BCUT2D eigenvalue weighted by atomic mass is 10.1. The van der Waals surface area contributed by atoms with Crippen LogP contribution in [0.5, 0.6) is 0 Å². The van der Waals surface area contributed by atoms with Crippen molar-refractivity contribution >= 4 is 17.3 Å². The van der Waals surface area contributed by atoms with E-state index in [0.29, 0.717) is 5.69 Å². The van der Waals surface area contributed by atoms with E-state index in [4.69, 9.17) is 11.5 Å². The van der Waals surface area contributed by atoms with Gasteiger partial charge >= 0.3 is 0 Å². The second-order valence-electron chi connectivity index (χ2n) is 3.91. The SMILES string of the molecule is CC(C)(N)C(=O)Nc1ccc(F)cc1N. The fourth-order valence-electron chi connectivity index (χ4n) is 0.931. The van der Waals surface area contributed by atoms with E-state index in [9.17, 15) is 9.18 Å². The van der Waals surface area contributed by atoms with Crippen LogP contribution in [0.2, 0.25) is 0 Å². The molecule has 1 aromatic carbocycles. The Morgan fingerprint density at radius 3 is 2.53 bits per heavy atom. The first kappa shape index (κ1) is 11.5. The van der Waals surface area contributed by atoms with E-state index in [1.807, 2.05) is 0 Å². The number of anilines is 2. The zero-order valence-electron chi connectivity index (χ0n) is 8.67. The van der Waals surface area contributed by atoms with E-state index in [-0.39, 0.29) is 11.6 Å². The maximum atomic E-state index is 12.7. The number of carbonyl (C=O) groups excluding carboxylic acids is 1. The van der Waals surface area contributed by atoms with Gasteiger partial charge in [-0.15, -0.1) is 0 Å². The molecule has 0 unspecified atom stereocenters. The number of nitrogen functional groups attached to an aromatic ring is 1. The topological polar surface area (TPSA) is 81.1 Å². The Balaban J connectivity index is 2.87. The van der Waals surface area contributed by atoms with Gasteiger partial charge in [-0.25, -0.2) is 4.39 Å². The highest BCUT2D eigenvalue weighted by Gasteiger charge is 2.22. The normalized spacial score (nSPS) is 11.2. The molecule has 4 nitrogen and oxygen atoms in total. The number of nitrogens with one attached hydrogen (secondary N) is 1. The number of nitrogens with two attached hydrogens (primary N) is 2. The molecule has 5 N–H and O–H groups in total. The van der Waals surface area contributed by atoms with Gasteiger partial charge in [0.05, 0.1) is 16.9 Å². The lowest BCUT2D eigenvalue weighted by Gasteiger charge is -2.18. The summed E-state index contributed by atoms with van der Waals surface area (Å²) in [6.45, 7) is 3.14. The van der Waals surface area contributed by atoms with Gasteiger partial charge in [-0.1, -0.05) is 0 Å². The van der Waals surface area contributed by atoms with E-state index in [2.05, 4.69) is 5.32 Å². The summed E-state index contributed by atoms with van der Waals surface area (Å²) in [6.07, 6.45) is 0. The van der Waals surface area contributed by atoms with Crippen molar-refractivity contribution in [3.05, 3.63) is 24.0 Å². The summed E-state index contributed by atoms with van der Waals surface area (Å²) in [5, 5.41) is 2.52. The fraction of sp³-hybridized carbons (Fsp3) is 0.300. The number of halogens is 1. The Hall–Kier alpha value is -1.62. The van der Waals surface area contributed by atoms with Crippen LogP contribution in [0.4, 0.5) is 15.8 Å². The molecule has 0 spiro atoms. The summed E-state index contributed by atoms with van der Waals surface area (Å²) in [7, 11) is 0. The average Bonchev–Trinajstić information content (AvgIpc) is 2.08. The number of carbonyl (C=O) groups is 1. The third-order valence-electron chi connectivity index (χ3n) is 1.85. The number of hydrogen-bond acceptors (Lipinski definition) is 3. The van der Waals surface area contributed by atoms with Gasteiger partial charge in [0.25, 0.3) is 0 Å². The molecule has 0 aromatic heterocycles. The molecule has 0 aliphatic rings. The number of hydrogen-bond donors (Lipinski definition) is 3. The molecular formula is C10H14FN3O. The van der Waals surface area contributed by atoms with E-state index >= 15 is 0 Å². The van der Waals surface area contributed by atoms with Gasteiger partial charge in [-0.3, -0.25) is 4.79 Å². The quantitative estimate of drug-likeness (QED) is 0.640. The third-order valence-corrected chi connectivity index (χ3v) is 1.85. The molecule has 1 amide bonds. The van der Waals surface area contributed by atoms with Gasteiger partial charge < -0.3 is 16.8 Å². The van der Waals surface area contributed by atoms with Crippen molar-refractivity contribution in [2.24, 2.45) is 5.73 Å². The molecule has 0 radical (unpaired) electrons. The number of amides is 1. The van der Waals surface area contributed by atoms with Crippen LogP contribution in [0.25, 0.3) is 0 Å². The highest BCUT2D eigenvalue weighted by Crippen LogP contribution is 2.19. The van der Waals surface area contributed by atoms with E-state index in [1.165, 1.54) is 12.1 Å². The van der Waals surface area contributed by atoms with Crippen molar-refractivity contribution < 1.29 is 9.18 Å². The third kappa shape index (κ3) is 2.92. The first-order valence-corrected chi connectivity index (χ1v) is 4.46. The van der Waals surface area contributed by atoms with Gasteiger partial charge in [-0.05, 0) is 32.0 Å². The highest BCUT2D eigenvalue weighted by molar-refractivity contribution is 5.99. The van der Waals surface area contributed by atoms with Crippen molar-refractivity contribution in [3.63, 3.8) is 0 Å². The predicted octanol–water partition coefficient (Wildman–Crippen LogP) is 1.08. The number of benzene rings is 1. The summed E-state index contributed by atoms with van der Waals surface area (Å²) in [6, 6.07) is 3.75. The molecule has 0 aliphatic heterocycles. The molecule has 1 aromatic rings. The van der Waals surface area contributed by atoms with Crippen LogP contribution in [-0.2, 0) is 4.79 Å². The smallest absolute Gasteiger partial charge is 0.243 e. The molecular weight excluding hydrogens is 197 g/mol.